The Morgan fingerprint density at radius 3 is 2.72 bits per heavy atom. The Kier molecular flexibility index (Phi) is 5.94. The molecule has 0 aliphatic carbocycles. The normalized spacial score (nSPS) is 11.2. The second kappa shape index (κ2) is 8.41. The summed E-state index contributed by atoms with van der Waals surface area (Å²) in [6.07, 6.45) is 0. The summed E-state index contributed by atoms with van der Waals surface area (Å²) >= 11 is 0.938. The standard InChI is InChI=1S/C17H16N4O6S2/c1-26-13-5-3-2-4-11(13)21-29(24,25)10-6-7-14-12(8-10)19-17(27-14)28-9-15(22)20-16(18)23/h2-8,21H,9H2,1H3,(H3,18,20,22,23). The van der Waals surface area contributed by atoms with Gasteiger partial charge in [0.05, 0.1) is 23.4 Å². The molecule has 10 nitrogen and oxygen atoms in total. The lowest BCUT2D eigenvalue weighted by Gasteiger charge is -2.11. The number of urea groups is 1. The lowest BCUT2D eigenvalue weighted by atomic mass is 10.3. The fourth-order valence-electron chi connectivity index (χ4n) is 2.35. The van der Waals surface area contributed by atoms with E-state index in [0.29, 0.717) is 22.5 Å². The smallest absolute Gasteiger partial charge is 0.318 e. The molecule has 152 valence electrons. The van der Waals surface area contributed by atoms with Crippen LogP contribution < -0.4 is 20.5 Å². The van der Waals surface area contributed by atoms with Crippen molar-refractivity contribution in [1.82, 2.24) is 10.3 Å². The Bertz CT molecular complexity index is 1180. The molecule has 12 heteroatoms. The van der Waals surface area contributed by atoms with Crippen LogP contribution in [0, 0.1) is 0 Å². The van der Waals surface area contributed by atoms with Crippen molar-refractivity contribution in [3.8, 4) is 5.75 Å². The van der Waals surface area contributed by atoms with Crippen molar-refractivity contribution in [2.75, 3.05) is 17.6 Å². The van der Waals surface area contributed by atoms with Gasteiger partial charge in [-0.15, -0.1) is 0 Å². The zero-order chi connectivity index (χ0) is 21.0. The summed E-state index contributed by atoms with van der Waals surface area (Å²) in [7, 11) is -2.46. The number of rotatable bonds is 7. The van der Waals surface area contributed by atoms with E-state index in [0.717, 1.165) is 11.8 Å². The molecule has 1 aromatic heterocycles. The minimum Gasteiger partial charge on any atom is -0.495 e. The van der Waals surface area contributed by atoms with Crippen LogP contribution in [0.15, 0.2) is 57.0 Å². The topological polar surface area (TPSA) is 154 Å². The van der Waals surface area contributed by atoms with Crippen molar-refractivity contribution in [2.45, 2.75) is 10.1 Å². The molecule has 3 amide bonds. The number of nitrogens with two attached hydrogens (primary N) is 1. The van der Waals surface area contributed by atoms with Crippen LogP contribution in [0.2, 0.25) is 0 Å². The number of oxazole rings is 1. The van der Waals surface area contributed by atoms with Crippen molar-refractivity contribution in [3.05, 3.63) is 42.5 Å². The largest absolute Gasteiger partial charge is 0.495 e. The minimum atomic E-state index is -3.90. The first-order valence-electron chi connectivity index (χ1n) is 8.07. The number of hydrogen-bond donors (Lipinski definition) is 3. The van der Waals surface area contributed by atoms with Crippen LogP contribution >= 0.6 is 11.8 Å². The van der Waals surface area contributed by atoms with Gasteiger partial charge >= 0.3 is 6.03 Å². The van der Waals surface area contributed by atoms with Crippen molar-refractivity contribution < 1.29 is 27.2 Å². The van der Waals surface area contributed by atoms with E-state index >= 15 is 0 Å². The molecule has 0 bridgehead atoms. The third-order valence-electron chi connectivity index (χ3n) is 3.59. The maximum absolute atomic E-state index is 12.7. The minimum absolute atomic E-state index is 0.0211. The number of primary amides is 1. The second-order valence-electron chi connectivity index (χ2n) is 5.62. The summed E-state index contributed by atoms with van der Waals surface area (Å²) in [6, 6.07) is 9.86. The highest BCUT2D eigenvalue weighted by Crippen LogP contribution is 2.28. The number of anilines is 1. The van der Waals surface area contributed by atoms with Gasteiger partial charge in [-0.25, -0.2) is 18.2 Å². The van der Waals surface area contributed by atoms with E-state index in [-0.39, 0.29) is 15.9 Å². The molecule has 0 spiro atoms. The van der Waals surface area contributed by atoms with E-state index in [1.54, 1.807) is 24.3 Å². The number of nitrogens with zero attached hydrogens (tertiary/aromatic N) is 1. The molecule has 0 fully saturated rings. The lowest BCUT2D eigenvalue weighted by molar-refractivity contribution is -0.117. The van der Waals surface area contributed by atoms with Gasteiger partial charge in [0, 0.05) is 0 Å². The molecule has 1 heterocycles. The summed E-state index contributed by atoms with van der Waals surface area (Å²) in [6.45, 7) is 0. The highest BCUT2D eigenvalue weighted by molar-refractivity contribution is 7.99. The molecule has 0 saturated carbocycles. The van der Waals surface area contributed by atoms with Crippen LogP contribution in [0.1, 0.15) is 0 Å². The van der Waals surface area contributed by atoms with Crippen LogP contribution in [-0.4, -0.2) is 38.2 Å². The van der Waals surface area contributed by atoms with Gasteiger partial charge in [0.2, 0.25) is 5.91 Å². The highest BCUT2D eigenvalue weighted by atomic mass is 32.2. The average Bonchev–Trinajstić information content (AvgIpc) is 3.08. The Balaban J connectivity index is 1.80. The van der Waals surface area contributed by atoms with Crippen molar-refractivity contribution in [3.63, 3.8) is 0 Å². The maximum Gasteiger partial charge on any atom is 0.318 e. The Morgan fingerprint density at radius 2 is 2.00 bits per heavy atom. The number of thioether (sulfide) groups is 1. The maximum atomic E-state index is 12.7. The number of methoxy groups -OCH3 is 1. The molecule has 29 heavy (non-hydrogen) atoms. The zero-order valence-electron chi connectivity index (χ0n) is 15.0. The van der Waals surface area contributed by atoms with Crippen molar-refractivity contribution in [1.29, 1.82) is 0 Å². The Labute approximate surface area is 169 Å². The van der Waals surface area contributed by atoms with E-state index in [2.05, 4.69) is 9.71 Å². The number of hydrogen-bond acceptors (Lipinski definition) is 8. The van der Waals surface area contributed by atoms with E-state index in [1.165, 1.54) is 25.3 Å². The van der Waals surface area contributed by atoms with Crippen LogP contribution in [0.4, 0.5) is 10.5 Å². The first-order valence-corrected chi connectivity index (χ1v) is 10.5. The number of para-hydroxylation sites is 2. The predicted molar refractivity (Wildman–Crippen MR) is 106 cm³/mol. The average molecular weight is 436 g/mol. The van der Waals surface area contributed by atoms with Gasteiger partial charge in [0.1, 0.15) is 11.3 Å². The van der Waals surface area contributed by atoms with Gasteiger partial charge in [-0.05, 0) is 30.3 Å². The molecule has 2 aromatic carbocycles. The van der Waals surface area contributed by atoms with Gasteiger partial charge in [-0.1, -0.05) is 23.9 Å². The quantitative estimate of drug-likeness (QED) is 0.475. The van der Waals surface area contributed by atoms with Crippen molar-refractivity contribution >= 4 is 50.5 Å². The second-order valence-corrected chi connectivity index (χ2v) is 8.23. The third kappa shape index (κ3) is 4.97. The molecule has 0 aliphatic rings. The number of carbonyl (C=O) groups excluding carboxylic acids is 2. The van der Waals surface area contributed by atoms with Gasteiger partial charge in [0.15, 0.2) is 5.58 Å². The number of amides is 3. The number of imide groups is 1. The van der Waals surface area contributed by atoms with Crippen LogP contribution in [0.3, 0.4) is 0 Å². The summed E-state index contributed by atoms with van der Waals surface area (Å²) in [4.78, 5) is 26.2. The SMILES string of the molecule is COc1ccccc1NS(=O)(=O)c1ccc2oc(SCC(=O)NC(N)=O)nc2c1. The fraction of sp³-hybridized carbons (Fsp3) is 0.118. The van der Waals surface area contributed by atoms with Crippen LogP contribution in [-0.2, 0) is 14.8 Å². The molecular weight excluding hydrogens is 420 g/mol. The molecule has 3 rings (SSSR count). The summed E-state index contributed by atoms with van der Waals surface area (Å²) in [5.41, 5.74) is 5.81. The number of aromatic nitrogens is 1. The summed E-state index contributed by atoms with van der Waals surface area (Å²) in [5, 5.41) is 2.07. The molecule has 0 radical (unpaired) electrons. The first-order chi connectivity index (χ1) is 13.8. The number of benzene rings is 2. The van der Waals surface area contributed by atoms with E-state index in [1.807, 2.05) is 5.32 Å². The number of nitrogens with one attached hydrogen (secondary N) is 2. The number of sulfonamides is 1. The number of fused-ring (bicyclic) bond motifs is 1. The lowest BCUT2D eigenvalue weighted by Crippen LogP contribution is -2.36. The molecule has 0 aliphatic heterocycles. The summed E-state index contributed by atoms with van der Waals surface area (Å²) < 4.78 is 38.5. The van der Waals surface area contributed by atoms with E-state index < -0.39 is 22.0 Å². The first kappa shape index (κ1) is 20.5. The van der Waals surface area contributed by atoms with Crippen molar-refractivity contribution in [2.24, 2.45) is 5.73 Å². The number of carbonyl (C=O) groups is 2. The van der Waals surface area contributed by atoms with Gasteiger partial charge in [0.25, 0.3) is 15.2 Å². The van der Waals surface area contributed by atoms with E-state index in [9.17, 15) is 18.0 Å². The van der Waals surface area contributed by atoms with E-state index in [4.69, 9.17) is 14.9 Å². The van der Waals surface area contributed by atoms with Gasteiger partial charge < -0.3 is 14.9 Å². The Hall–Kier alpha value is -3.25. The molecule has 0 unspecified atom stereocenters. The zero-order valence-corrected chi connectivity index (χ0v) is 16.7. The van der Waals surface area contributed by atoms with Gasteiger partial charge in [-0.3, -0.25) is 14.8 Å². The number of ether oxygens (including phenoxy) is 1. The molecule has 3 aromatic rings. The van der Waals surface area contributed by atoms with Crippen LogP contribution in [0.5, 0.6) is 5.75 Å². The predicted octanol–water partition coefficient (Wildman–Crippen LogP) is 1.92. The molecular formula is C17H16N4O6S2. The fourth-order valence-corrected chi connectivity index (χ4v) is 4.08. The third-order valence-corrected chi connectivity index (χ3v) is 5.78. The molecule has 0 atom stereocenters. The van der Waals surface area contributed by atoms with Crippen LogP contribution in [0.25, 0.3) is 11.1 Å². The monoisotopic (exact) mass is 436 g/mol. The van der Waals surface area contributed by atoms with Gasteiger partial charge in [-0.2, -0.15) is 0 Å². The molecule has 4 N–H and O–H groups in total. The Morgan fingerprint density at radius 1 is 1.24 bits per heavy atom. The highest BCUT2D eigenvalue weighted by Gasteiger charge is 2.19. The summed E-state index contributed by atoms with van der Waals surface area (Å²) in [5.74, 6) is -0.364. The molecule has 0 saturated heterocycles.